The van der Waals surface area contributed by atoms with E-state index in [1.165, 1.54) is 15.2 Å². The van der Waals surface area contributed by atoms with Gasteiger partial charge in [-0.2, -0.15) is 0 Å². The van der Waals surface area contributed by atoms with Crippen molar-refractivity contribution < 1.29 is 23.5 Å². The van der Waals surface area contributed by atoms with Gasteiger partial charge in [0, 0.05) is 31.4 Å². The molecule has 1 aliphatic carbocycles. The van der Waals surface area contributed by atoms with E-state index in [-0.39, 0.29) is 36.9 Å². The van der Waals surface area contributed by atoms with Crippen LogP contribution >= 0.6 is 15.9 Å². The molecule has 1 unspecified atom stereocenters. The third-order valence-electron chi connectivity index (χ3n) is 5.39. The van der Waals surface area contributed by atoms with Crippen molar-refractivity contribution in [3.8, 4) is 0 Å². The minimum Gasteiger partial charge on any atom is -0.480 e. The van der Waals surface area contributed by atoms with Gasteiger partial charge in [0.1, 0.15) is 6.04 Å². The third-order valence-corrected chi connectivity index (χ3v) is 6.05. The number of amides is 1. The number of carbonyl (C=O) groups excluding carboxylic acids is 1. The molecule has 1 amide bonds. The fraction of sp³-hybridized carbons (Fsp3) is 0.500. The molecule has 0 bridgehead atoms. The molecule has 0 saturated heterocycles. The third kappa shape index (κ3) is 3.69. The molecule has 152 valence electrons. The molecule has 1 atom stereocenters. The number of aliphatic carboxylic acids is 1. The first kappa shape index (κ1) is 20.5. The van der Waals surface area contributed by atoms with Crippen LogP contribution in [0.15, 0.2) is 21.4 Å². The molecular weight excluding hydrogens is 440 g/mol. The van der Waals surface area contributed by atoms with Crippen LogP contribution in [0.2, 0.25) is 0 Å². The topological polar surface area (TPSA) is 93.3 Å². The van der Waals surface area contributed by atoms with Crippen molar-refractivity contribution in [2.24, 2.45) is 20.0 Å². The first-order valence-electron chi connectivity index (χ1n) is 8.78. The lowest BCUT2D eigenvalue weighted by Crippen LogP contribution is -2.47. The molecule has 1 aromatic carbocycles. The number of hydrogen-bond acceptors (Lipinski definition) is 3. The molecular formula is C18H20BrF2N3O4. The zero-order valence-corrected chi connectivity index (χ0v) is 16.9. The van der Waals surface area contributed by atoms with Crippen LogP contribution in [0.4, 0.5) is 8.78 Å². The fourth-order valence-corrected chi connectivity index (χ4v) is 4.20. The van der Waals surface area contributed by atoms with Crippen molar-refractivity contribution in [1.82, 2.24) is 14.5 Å². The Labute approximate surface area is 167 Å². The standard InChI is InChI=1S/C18H20BrF2N3O4/c1-23-12-7-10(11(19)8-13(12)24(2)17(23)28)15(25)22-14(16(26)27)9-3-5-18(20,21)6-4-9/h7-9,14H,3-6H2,1-2H3,(H,22,25)(H,26,27). The lowest BCUT2D eigenvalue weighted by molar-refractivity contribution is -0.142. The van der Waals surface area contributed by atoms with Crippen LogP contribution in [-0.4, -0.2) is 38.1 Å². The van der Waals surface area contributed by atoms with Crippen molar-refractivity contribution in [3.63, 3.8) is 0 Å². The first-order valence-corrected chi connectivity index (χ1v) is 9.57. The summed E-state index contributed by atoms with van der Waals surface area (Å²) in [4.78, 5) is 36.5. The number of aryl methyl sites for hydroxylation is 2. The summed E-state index contributed by atoms with van der Waals surface area (Å²) in [7, 11) is 3.18. The zero-order chi connectivity index (χ0) is 20.8. The lowest BCUT2D eigenvalue weighted by atomic mass is 9.82. The highest BCUT2D eigenvalue weighted by atomic mass is 79.9. The molecule has 28 heavy (non-hydrogen) atoms. The minimum absolute atomic E-state index is 0.0254. The van der Waals surface area contributed by atoms with Gasteiger partial charge in [-0.3, -0.25) is 13.9 Å². The molecule has 1 aliphatic rings. The normalized spacial score (nSPS) is 18.2. The number of carbonyl (C=O) groups is 2. The predicted molar refractivity (Wildman–Crippen MR) is 102 cm³/mol. The van der Waals surface area contributed by atoms with Crippen LogP contribution in [0, 0.1) is 5.92 Å². The Morgan fingerprint density at radius 3 is 2.29 bits per heavy atom. The van der Waals surface area contributed by atoms with E-state index in [9.17, 15) is 28.3 Å². The summed E-state index contributed by atoms with van der Waals surface area (Å²) < 4.78 is 30.0. The highest BCUT2D eigenvalue weighted by molar-refractivity contribution is 9.10. The van der Waals surface area contributed by atoms with E-state index in [0.29, 0.717) is 15.5 Å². The highest BCUT2D eigenvalue weighted by Gasteiger charge is 2.40. The summed E-state index contributed by atoms with van der Waals surface area (Å²) in [5.41, 5.74) is 1.04. The van der Waals surface area contributed by atoms with Gasteiger partial charge in [0.05, 0.1) is 16.6 Å². The van der Waals surface area contributed by atoms with Crippen LogP contribution in [0.25, 0.3) is 11.0 Å². The van der Waals surface area contributed by atoms with Gasteiger partial charge in [-0.05, 0) is 46.8 Å². The number of aromatic nitrogens is 2. The summed E-state index contributed by atoms with van der Waals surface area (Å²) in [6.07, 6.45) is -0.729. The zero-order valence-electron chi connectivity index (χ0n) is 15.3. The minimum atomic E-state index is -2.78. The highest BCUT2D eigenvalue weighted by Crippen LogP contribution is 2.37. The molecule has 7 nitrogen and oxygen atoms in total. The molecule has 0 aliphatic heterocycles. The van der Waals surface area contributed by atoms with E-state index < -0.39 is 29.8 Å². The maximum Gasteiger partial charge on any atom is 0.328 e. The number of alkyl halides is 2. The van der Waals surface area contributed by atoms with Crippen molar-refractivity contribution in [1.29, 1.82) is 0 Å². The summed E-state index contributed by atoms with van der Waals surface area (Å²) in [6, 6.07) is 1.86. The number of imidazole rings is 1. The van der Waals surface area contributed by atoms with Crippen LogP contribution in [-0.2, 0) is 18.9 Å². The lowest BCUT2D eigenvalue weighted by Gasteiger charge is -2.32. The molecule has 1 saturated carbocycles. The van der Waals surface area contributed by atoms with Crippen molar-refractivity contribution >= 4 is 38.8 Å². The maximum atomic E-state index is 13.4. The van der Waals surface area contributed by atoms with Gasteiger partial charge < -0.3 is 10.4 Å². The number of benzene rings is 1. The molecule has 0 radical (unpaired) electrons. The van der Waals surface area contributed by atoms with Gasteiger partial charge in [-0.1, -0.05) is 0 Å². The molecule has 1 aromatic heterocycles. The second-order valence-corrected chi connectivity index (χ2v) is 8.06. The largest absolute Gasteiger partial charge is 0.480 e. The first-order chi connectivity index (χ1) is 13.0. The molecule has 2 N–H and O–H groups in total. The Morgan fingerprint density at radius 2 is 1.75 bits per heavy atom. The Morgan fingerprint density at radius 1 is 1.21 bits per heavy atom. The van der Waals surface area contributed by atoms with Gasteiger partial charge in [0.25, 0.3) is 5.91 Å². The van der Waals surface area contributed by atoms with Gasteiger partial charge in [0.2, 0.25) is 5.92 Å². The average Bonchev–Trinajstić information content (AvgIpc) is 2.83. The predicted octanol–water partition coefficient (Wildman–Crippen LogP) is 2.65. The van der Waals surface area contributed by atoms with E-state index in [4.69, 9.17) is 0 Å². The van der Waals surface area contributed by atoms with E-state index in [1.807, 2.05) is 0 Å². The van der Waals surface area contributed by atoms with Crippen LogP contribution < -0.4 is 11.0 Å². The van der Waals surface area contributed by atoms with E-state index in [0.717, 1.165) is 0 Å². The SMILES string of the molecule is Cn1c(=O)n(C)c2cc(C(=O)NC(C(=O)O)C3CCC(F)(F)CC3)c(Br)cc21. The van der Waals surface area contributed by atoms with Crippen LogP contribution in [0.1, 0.15) is 36.0 Å². The molecule has 10 heteroatoms. The molecule has 3 rings (SSSR count). The smallest absolute Gasteiger partial charge is 0.328 e. The quantitative estimate of drug-likeness (QED) is 0.734. The monoisotopic (exact) mass is 459 g/mol. The number of nitrogens with one attached hydrogen (secondary N) is 1. The number of halogens is 3. The molecule has 0 spiro atoms. The van der Waals surface area contributed by atoms with Crippen LogP contribution in [0.3, 0.4) is 0 Å². The van der Waals surface area contributed by atoms with Gasteiger partial charge in [-0.25, -0.2) is 18.4 Å². The second-order valence-electron chi connectivity index (χ2n) is 7.20. The van der Waals surface area contributed by atoms with Gasteiger partial charge >= 0.3 is 11.7 Å². The summed E-state index contributed by atoms with van der Waals surface area (Å²) in [5.74, 6) is -5.25. The molecule has 1 fully saturated rings. The van der Waals surface area contributed by atoms with E-state index in [2.05, 4.69) is 21.2 Å². The number of rotatable bonds is 4. The summed E-state index contributed by atoms with van der Waals surface area (Å²) in [6.45, 7) is 0. The number of carboxylic acid groups (broad SMARTS) is 1. The number of hydrogen-bond donors (Lipinski definition) is 2. The van der Waals surface area contributed by atoms with Gasteiger partial charge in [-0.15, -0.1) is 0 Å². The Bertz CT molecular complexity index is 1000. The molecule has 1 heterocycles. The molecule has 2 aromatic rings. The maximum absolute atomic E-state index is 13.4. The van der Waals surface area contributed by atoms with E-state index in [1.54, 1.807) is 20.2 Å². The Kier molecular flexibility index (Phi) is 5.35. The number of carboxylic acids is 1. The fourth-order valence-electron chi connectivity index (χ4n) is 3.69. The Balaban J connectivity index is 1.88. The average molecular weight is 460 g/mol. The van der Waals surface area contributed by atoms with Crippen molar-refractivity contribution in [2.45, 2.75) is 37.6 Å². The Hall–Kier alpha value is -2.23. The summed E-state index contributed by atoms with van der Waals surface area (Å²) >= 11 is 3.29. The number of fused-ring (bicyclic) bond motifs is 1. The van der Waals surface area contributed by atoms with Crippen LogP contribution in [0.5, 0.6) is 0 Å². The van der Waals surface area contributed by atoms with E-state index >= 15 is 0 Å². The van der Waals surface area contributed by atoms with Crippen molar-refractivity contribution in [2.75, 3.05) is 0 Å². The summed E-state index contributed by atoms with van der Waals surface area (Å²) in [5, 5.41) is 12.0. The van der Waals surface area contributed by atoms with Crippen molar-refractivity contribution in [3.05, 3.63) is 32.7 Å². The number of nitrogens with zero attached hydrogens (tertiary/aromatic N) is 2. The van der Waals surface area contributed by atoms with Gasteiger partial charge in [0.15, 0.2) is 0 Å². The second kappa shape index (κ2) is 7.31.